The Labute approximate surface area is 612 Å². The Morgan fingerprint density at radius 3 is 1.37 bits per heavy atom. The largest absolute Gasteiger partial charge is 0.477 e. The highest BCUT2D eigenvalue weighted by Gasteiger charge is 2.23. The number of carboxylic acid groups (broad SMARTS) is 1. The Morgan fingerprint density at radius 2 is 0.901 bits per heavy atom. The molecule has 2 aromatic carbocycles. The molecule has 101 heavy (non-hydrogen) atoms. The van der Waals surface area contributed by atoms with Crippen LogP contribution in [-0.4, -0.2) is 94.9 Å². The second-order valence-corrected chi connectivity index (χ2v) is 27.5. The molecule has 0 bridgehead atoms. The molecule has 0 aliphatic heterocycles. The minimum absolute atomic E-state index is 0.0503. The van der Waals surface area contributed by atoms with Gasteiger partial charge in [-0.15, -0.1) is 50.4 Å². The predicted molar refractivity (Wildman–Crippen MR) is 407 cm³/mol. The van der Waals surface area contributed by atoms with Gasteiger partial charge >= 0.3 is 12.1 Å². The lowest BCUT2D eigenvalue weighted by Gasteiger charge is -2.19. The summed E-state index contributed by atoms with van der Waals surface area (Å²) in [7, 11) is 0. The first-order valence-corrected chi connectivity index (χ1v) is 35.8. The van der Waals surface area contributed by atoms with Crippen molar-refractivity contribution in [1.82, 2.24) is 60.3 Å². The van der Waals surface area contributed by atoms with Gasteiger partial charge < -0.3 is 42.2 Å². The number of H-pyrrole nitrogens is 3. The van der Waals surface area contributed by atoms with Crippen molar-refractivity contribution in [3.05, 3.63) is 271 Å². The number of carbonyl (C=O) groups excluding carboxylic acids is 3. The van der Waals surface area contributed by atoms with Gasteiger partial charge in [0.2, 0.25) is 0 Å². The second-order valence-electron chi connectivity index (χ2n) is 22.1. The van der Waals surface area contributed by atoms with Crippen molar-refractivity contribution in [3.63, 3.8) is 0 Å². The van der Waals surface area contributed by atoms with E-state index in [1.54, 1.807) is 94.7 Å². The zero-order valence-electron chi connectivity index (χ0n) is 54.0. The number of halogens is 2. The number of amides is 2. The average molecular weight is 1550 g/mol. The van der Waals surface area contributed by atoms with Gasteiger partial charge in [-0.3, -0.25) is 24.9 Å². The Hall–Kier alpha value is -11.3. The number of nitrogens with one attached hydrogen (secondary N) is 8. The average Bonchev–Trinajstić information content (AvgIpc) is 1.59. The van der Waals surface area contributed by atoms with Crippen LogP contribution < -0.4 is 32.3 Å². The predicted octanol–water partition coefficient (Wildman–Crippen LogP) is 17.2. The topological polar surface area (TPSA) is 339 Å². The van der Waals surface area contributed by atoms with Crippen molar-refractivity contribution < 1.29 is 29.0 Å². The summed E-state index contributed by atoms with van der Waals surface area (Å²) in [4.78, 5) is 67.8. The second kappa shape index (κ2) is 36.0. The standard InChI is InChI=1S/C20H17N5OS.C20H19N5S.C13H9BrN4OS.C12H15N3O2S.C6H4BrNO2/c26-20(23-19-12-16(24-25-19)17-9-5-11-27-17)15-8-4-10-18(22-15)21-13-14-6-2-1-3-7-14;1-2-6-15(7-3-1)13-21-19-10-4-8-16(23-19)14-22-20-12-17(24-25-20)18-9-5-11-26-18;14-11-5-1-3-8(15-11)13(19)16-12-7-9(17-18-12)10-4-2-6-20-10;1-12(2,3)17-11(16)15-8(7-10(13)14-15)9-5-4-6-18-9;7-5-3-1-2-4(8-5)6(9)10/h1-12H,13H2,(H,21,22)(H2,23,24,25,26);1-12H,13-14H2,(H,21,23)(H2,22,24,25);1-7H,(H2,16,17,18,19);4-7H,1-3H3,(H2,13,14);1-3H,(H,9,10). The van der Waals surface area contributed by atoms with Gasteiger partial charge in [0.1, 0.15) is 55.2 Å². The normalized spacial score (nSPS) is 10.6. The number of hydrogen-bond acceptors (Lipinski definition) is 21. The fourth-order valence-electron chi connectivity index (χ4n) is 8.82. The molecule has 0 aliphatic carbocycles. The number of aromatic amines is 3. The quantitative estimate of drug-likeness (QED) is 0.0357. The number of anilines is 6. The van der Waals surface area contributed by atoms with E-state index >= 15 is 0 Å². The first kappa shape index (κ1) is 72.5. The molecular weight excluding hydrogens is 1490 g/mol. The lowest BCUT2D eigenvalue weighted by molar-refractivity contribution is 0.0517. The number of aromatic carboxylic acids is 1. The third-order valence-electron chi connectivity index (χ3n) is 13.4. The fraction of sp³-hybridized carbons (Fsp3) is 0.0986. The van der Waals surface area contributed by atoms with E-state index in [-0.39, 0.29) is 17.5 Å². The highest BCUT2D eigenvalue weighted by atomic mass is 79.9. The summed E-state index contributed by atoms with van der Waals surface area (Å²) in [6.45, 7) is 7.44. The summed E-state index contributed by atoms with van der Waals surface area (Å²) in [5.41, 5.74) is 12.5. The lowest BCUT2D eigenvalue weighted by atomic mass is 10.2. The Balaban J connectivity index is 0.000000140. The summed E-state index contributed by atoms with van der Waals surface area (Å²) in [6, 6.07) is 64.7. The van der Waals surface area contributed by atoms with Crippen molar-refractivity contribution in [1.29, 1.82) is 0 Å². The molecule has 0 fully saturated rings. The van der Waals surface area contributed by atoms with Gasteiger partial charge in [0.05, 0.1) is 54.5 Å². The molecule has 14 aromatic rings. The number of thiophene rings is 4. The summed E-state index contributed by atoms with van der Waals surface area (Å²) >= 11 is 12.7. The molecule has 0 radical (unpaired) electrons. The van der Waals surface area contributed by atoms with Crippen molar-refractivity contribution in [2.75, 3.05) is 32.3 Å². The van der Waals surface area contributed by atoms with Crippen LogP contribution in [0, 0.1) is 0 Å². The molecular formula is C71H64Br2N18O6S4. The molecule has 0 aliphatic rings. The van der Waals surface area contributed by atoms with Crippen LogP contribution in [0.15, 0.2) is 237 Å². The summed E-state index contributed by atoms with van der Waals surface area (Å²) in [5, 5.41) is 57.2. The van der Waals surface area contributed by atoms with E-state index < -0.39 is 17.7 Å². The third-order valence-corrected chi connectivity index (χ3v) is 17.9. The van der Waals surface area contributed by atoms with E-state index in [4.69, 9.17) is 15.6 Å². The molecule has 12 heterocycles. The van der Waals surface area contributed by atoms with Crippen LogP contribution >= 0.6 is 77.2 Å². The van der Waals surface area contributed by atoms with E-state index in [0.717, 1.165) is 61.2 Å². The Morgan fingerprint density at radius 1 is 0.475 bits per heavy atom. The number of nitrogens with zero attached hydrogens (tertiary/aromatic N) is 9. The summed E-state index contributed by atoms with van der Waals surface area (Å²) < 4.78 is 7.64. The van der Waals surface area contributed by atoms with E-state index in [1.807, 2.05) is 158 Å². The molecule has 0 saturated heterocycles. The van der Waals surface area contributed by atoms with Crippen LogP contribution in [0.3, 0.4) is 0 Å². The van der Waals surface area contributed by atoms with Gasteiger partial charge in [0, 0.05) is 37.4 Å². The van der Waals surface area contributed by atoms with Crippen LogP contribution in [0.5, 0.6) is 0 Å². The Bertz CT molecular complexity index is 4910. The van der Waals surface area contributed by atoms with Gasteiger partial charge in [-0.2, -0.15) is 20.0 Å². The number of rotatable bonds is 18. The number of hydrogen-bond donors (Lipinski definition) is 10. The fourth-order valence-corrected chi connectivity index (χ4v) is 12.3. The molecule has 11 N–H and O–H groups in total. The van der Waals surface area contributed by atoms with Crippen LogP contribution in [0.2, 0.25) is 0 Å². The maximum Gasteiger partial charge on any atom is 0.435 e. The van der Waals surface area contributed by atoms with Gasteiger partial charge in [0.25, 0.3) is 11.8 Å². The molecule has 2 amide bonds. The number of pyridine rings is 4. The minimum Gasteiger partial charge on any atom is -0.477 e. The molecule has 0 atom stereocenters. The Kier molecular flexibility index (Phi) is 25.8. The van der Waals surface area contributed by atoms with Crippen LogP contribution in [0.1, 0.15) is 69.1 Å². The molecule has 14 rings (SSSR count). The first-order chi connectivity index (χ1) is 48.9. The highest BCUT2D eigenvalue weighted by molar-refractivity contribution is 9.10. The molecule has 0 saturated carbocycles. The minimum atomic E-state index is -1.01. The molecule has 30 heteroatoms. The van der Waals surface area contributed by atoms with Crippen molar-refractivity contribution in [2.45, 2.75) is 46.0 Å². The van der Waals surface area contributed by atoms with E-state index in [0.29, 0.717) is 62.6 Å². The van der Waals surface area contributed by atoms with Gasteiger partial charge in [-0.1, -0.05) is 109 Å². The number of nitrogens with two attached hydrogens (primary N) is 1. The lowest BCUT2D eigenvalue weighted by Crippen LogP contribution is -2.28. The highest BCUT2D eigenvalue weighted by Crippen LogP contribution is 2.29. The van der Waals surface area contributed by atoms with Gasteiger partial charge in [-0.05, 0) is 158 Å². The SMILES string of the molecule is CC(C)(C)OC(=O)n1nc(N)cc1-c1cccs1.O=C(Nc1cc(-c2cccs2)[nH]n1)c1cccc(Br)n1.O=C(Nc1cc(-c2cccs2)[nH]n1)c1cccc(NCc2ccccc2)n1.O=C(O)c1cccc(Br)n1.c1ccc(CNc2cccc(CNc3cc(-c4cccs4)[nH]n3)n2)cc1. The third kappa shape index (κ3) is 22.6. The maximum atomic E-state index is 12.5. The molecule has 12 aromatic heterocycles. The molecule has 24 nitrogen and oxygen atoms in total. The molecule has 512 valence electrons. The number of carboxylic acids is 1. The van der Waals surface area contributed by atoms with Crippen LogP contribution in [0.25, 0.3) is 42.3 Å². The molecule has 0 spiro atoms. The summed E-state index contributed by atoms with van der Waals surface area (Å²) in [5.74, 6) is 1.96. The van der Waals surface area contributed by atoms with Crippen LogP contribution in [-0.2, 0) is 24.4 Å². The first-order valence-electron chi connectivity index (χ1n) is 30.7. The van der Waals surface area contributed by atoms with E-state index in [9.17, 15) is 19.2 Å². The maximum absolute atomic E-state index is 12.5. The van der Waals surface area contributed by atoms with E-state index in [1.165, 1.54) is 32.5 Å². The number of nitrogen functional groups attached to an aromatic ring is 1. The van der Waals surface area contributed by atoms with Crippen molar-refractivity contribution in [2.24, 2.45) is 0 Å². The van der Waals surface area contributed by atoms with Crippen molar-refractivity contribution >= 4 is 136 Å². The van der Waals surface area contributed by atoms with Crippen molar-refractivity contribution in [3.8, 4) is 42.3 Å². The number of ether oxygens (including phenoxy) is 1. The zero-order valence-corrected chi connectivity index (χ0v) is 60.5. The number of aromatic nitrogens is 12. The number of carbonyl (C=O) groups is 4. The summed E-state index contributed by atoms with van der Waals surface area (Å²) in [6.07, 6.45) is -0.525. The van der Waals surface area contributed by atoms with Crippen LogP contribution in [0.4, 0.5) is 39.7 Å². The monoisotopic (exact) mass is 1550 g/mol. The van der Waals surface area contributed by atoms with Gasteiger partial charge in [0.15, 0.2) is 11.6 Å². The smallest absolute Gasteiger partial charge is 0.435 e. The molecule has 0 unspecified atom stereocenters. The number of benzene rings is 2. The van der Waals surface area contributed by atoms with Gasteiger partial charge in [-0.25, -0.2) is 29.5 Å². The van der Waals surface area contributed by atoms with E-state index in [2.05, 4.69) is 138 Å². The zero-order chi connectivity index (χ0) is 70.9.